The van der Waals surface area contributed by atoms with Gasteiger partial charge in [-0.1, -0.05) is 0 Å². The third kappa shape index (κ3) is 5.03. The van der Waals surface area contributed by atoms with Crippen LogP contribution >= 0.6 is 0 Å². The molecule has 1 saturated heterocycles. The molecule has 158 valence electrons. The van der Waals surface area contributed by atoms with Gasteiger partial charge in [0.1, 0.15) is 11.9 Å². The minimum atomic E-state index is -4.39. The number of hydrogen-bond donors (Lipinski definition) is 0. The molecule has 0 N–H and O–H groups in total. The van der Waals surface area contributed by atoms with Crippen LogP contribution in [-0.4, -0.2) is 31.3 Å². The van der Waals surface area contributed by atoms with E-state index in [9.17, 15) is 18.0 Å². The number of nitrogens with zero attached hydrogens (tertiary/aromatic N) is 2. The quantitative estimate of drug-likeness (QED) is 0.630. The number of hydrogen-bond acceptors (Lipinski definition) is 5. The predicted molar refractivity (Wildman–Crippen MR) is 104 cm³/mol. The summed E-state index contributed by atoms with van der Waals surface area (Å²) >= 11 is 0. The molecular weight excluding hydrogens is 397 g/mol. The smallest absolute Gasteiger partial charge is 0.416 e. The molecule has 0 aliphatic carbocycles. The van der Waals surface area contributed by atoms with E-state index in [1.54, 1.807) is 31.2 Å². The molecule has 0 amide bonds. The largest absolute Gasteiger partial charge is 0.489 e. The van der Waals surface area contributed by atoms with Gasteiger partial charge >= 0.3 is 12.1 Å². The summed E-state index contributed by atoms with van der Waals surface area (Å²) in [7, 11) is 0. The highest BCUT2D eigenvalue weighted by atomic mass is 19.4. The van der Waals surface area contributed by atoms with Crippen molar-refractivity contribution in [3.05, 3.63) is 59.7 Å². The molecule has 1 fully saturated rings. The molecule has 0 bridgehead atoms. The summed E-state index contributed by atoms with van der Waals surface area (Å²) in [5.41, 5.74) is 0.544. The second-order valence-electron chi connectivity index (χ2n) is 6.93. The van der Waals surface area contributed by atoms with E-state index in [2.05, 4.69) is 6.07 Å². The lowest BCUT2D eigenvalue weighted by atomic mass is 10.1. The molecule has 30 heavy (non-hydrogen) atoms. The van der Waals surface area contributed by atoms with E-state index in [1.807, 2.05) is 4.90 Å². The fourth-order valence-corrected chi connectivity index (χ4v) is 3.49. The lowest BCUT2D eigenvalue weighted by Crippen LogP contribution is -2.30. The highest BCUT2D eigenvalue weighted by molar-refractivity contribution is 5.89. The maximum Gasteiger partial charge on any atom is 0.416 e. The zero-order chi connectivity index (χ0) is 21.7. The van der Waals surface area contributed by atoms with Gasteiger partial charge in [0.2, 0.25) is 0 Å². The Hall–Kier alpha value is -3.21. The first-order valence-corrected chi connectivity index (χ1v) is 9.56. The van der Waals surface area contributed by atoms with Crippen molar-refractivity contribution in [2.75, 3.05) is 18.1 Å². The van der Waals surface area contributed by atoms with Crippen LogP contribution in [0.2, 0.25) is 0 Å². The molecule has 0 spiro atoms. The van der Waals surface area contributed by atoms with Crippen molar-refractivity contribution in [1.29, 1.82) is 5.26 Å². The van der Waals surface area contributed by atoms with Crippen LogP contribution < -0.4 is 9.64 Å². The fraction of sp³-hybridized carbons (Fsp3) is 0.364. The number of carbonyl (C=O) groups excluding carboxylic acids is 1. The van der Waals surface area contributed by atoms with Crippen molar-refractivity contribution in [1.82, 2.24) is 0 Å². The molecule has 1 aliphatic rings. The van der Waals surface area contributed by atoms with Crippen LogP contribution in [-0.2, 0) is 10.9 Å². The van der Waals surface area contributed by atoms with Gasteiger partial charge in [0.25, 0.3) is 0 Å². The summed E-state index contributed by atoms with van der Waals surface area (Å²) in [6, 6.07) is 13.6. The number of ether oxygens (including phenoxy) is 2. The maximum atomic E-state index is 12.7. The Morgan fingerprint density at radius 2 is 1.83 bits per heavy atom. The Balaban J connectivity index is 1.70. The summed E-state index contributed by atoms with van der Waals surface area (Å²) in [4.78, 5) is 13.8. The van der Waals surface area contributed by atoms with Crippen LogP contribution in [0.15, 0.2) is 48.5 Å². The molecule has 0 radical (unpaired) electrons. The molecular formula is C22H21F3N2O3. The van der Waals surface area contributed by atoms with E-state index in [0.717, 1.165) is 17.8 Å². The molecule has 2 atom stereocenters. The number of benzene rings is 2. The summed E-state index contributed by atoms with van der Waals surface area (Å²) in [5.74, 6) is -0.0502. The van der Waals surface area contributed by atoms with Crippen LogP contribution in [0.5, 0.6) is 5.75 Å². The van der Waals surface area contributed by atoms with Gasteiger partial charge < -0.3 is 14.4 Å². The summed E-state index contributed by atoms with van der Waals surface area (Å²) < 4.78 is 49.0. The van der Waals surface area contributed by atoms with Gasteiger partial charge in [0.05, 0.1) is 36.8 Å². The average molecular weight is 418 g/mol. The Morgan fingerprint density at radius 3 is 2.40 bits per heavy atom. The molecule has 2 aromatic carbocycles. The Morgan fingerprint density at radius 1 is 1.17 bits per heavy atom. The predicted octanol–water partition coefficient (Wildman–Crippen LogP) is 4.82. The van der Waals surface area contributed by atoms with Gasteiger partial charge in [-0.2, -0.15) is 18.4 Å². The van der Waals surface area contributed by atoms with Crippen molar-refractivity contribution in [2.24, 2.45) is 0 Å². The average Bonchev–Trinajstić information content (AvgIpc) is 3.10. The molecule has 5 nitrogen and oxygen atoms in total. The Bertz CT molecular complexity index is 905. The van der Waals surface area contributed by atoms with E-state index < -0.39 is 17.7 Å². The van der Waals surface area contributed by atoms with E-state index in [4.69, 9.17) is 14.7 Å². The third-order valence-corrected chi connectivity index (χ3v) is 4.90. The van der Waals surface area contributed by atoms with E-state index in [-0.39, 0.29) is 18.6 Å². The van der Waals surface area contributed by atoms with Crippen LogP contribution in [0.25, 0.3) is 0 Å². The fourth-order valence-electron chi connectivity index (χ4n) is 3.49. The van der Waals surface area contributed by atoms with E-state index in [0.29, 0.717) is 30.9 Å². The number of nitriles is 1. The molecule has 1 heterocycles. The molecule has 0 aromatic heterocycles. The van der Waals surface area contributed by atoms with Crippen molar-refractivity contribution >= 4 is 11.7 Å². The van der Waals surface area contributed by atoms with Gasteiger partial charge in [-0.3, -0.25) is 0 Å². The summed E-state index contributed by atoms with van der Waals surface area (Å²) in [6.07, 6.45) is -3.82. The first-order valence-electron chi connectivity index (χ1n) is 9.56. The van der Waals surface area contributed by atoms with E-state index in [1.165, 1.54) is 12.1 Å². The van der Waals surface area contributed by atoms with Crippen molar-refractivity contribution in [2.45, 2.75) is 38.1 Å². The number of halogens is 3. The highest BCUT2D eigenvalue weighted by Gasteiger charge is 2.34. The number of esters is 1. The topological polar surface area (TPSA) is 62.6 Å². The number of carbonyl (C=O) groups is 1. The Labute approximate surface area is 172 Å². The van der Waals surface area contributed by atoms with Crippen molar-refractivity contribution in [3.63, 3.8) is 0 Å². The second kappa shape index (κ2) is 9.08. The monoisotopic (exact) mass is 418 g/mol. The summed E-state index contributed by atoms with van der Waals surface area (Å²) in [5, 5.41) is 9.16. The van der Waals surface area contributed by atoms with Gasteiger partial charge in [-0.25, -0.2) is 4.79 Å². The lowest BCUT2D eigenvalue weighted by molar-refractivity contribution is -0.137. The minimum absolute atomic E-state index is 0.0945. The molecule has 0 unspecified atom stereocenters. The SMILES string of the molecule is CCOC(=O)c1ccc(N2C[C@H](Oc3ccc(C(F)(F)F)cc3)C[C@H]2CC#N)cc1. The van der Waals surface area contributed by atoms with Gasteiger partial charge in [0.15, 0.2) is 0 Å². The molecule has 8 heteroatoms. The van der Waals surface area contributed by atoms with Crippen LogP contribution in [0.4, 0.5) is 18.9 Å². The number of alkyl halides is 3. The first kappa shape index (κ1) is 21.5. The van der Waals surface area contributed by atoms with Crippen LogP contribution in [0, 0.1) is 11.3 Å². The zero-order valence-electron chi connectivity index (χ0n) is 16.4. The molecule has 0 saturated carbocycles. The minimum Gasteiger partial charge on any atom is -0.489 e. The Kier molecular flexibility index (Phi) is 6.50. The van der Waals surface area contributed by atoms with Gasteiger partial charge in [-0.05, 0) is 55.5 Å². The number of rotatable bonds is 6. The van der Waals surface area contributed by atoms with Crippen LogP contribution in [0.1, 0.15) is 35.7 Å². The van der Waals surface area contributed by atoms with Gasteiger partial charge in [0, 0.05) is 18.2 Å². The highest BCUT2D eigenvalue weighted by Crippen LogP contribution is 2.33. The second-order valence-corrected chi connectivity index (χ2v) is 6.93. The van der Waals surface area contributed by atoms with E-state index >= 15 is 0 Å². The lowest BCUT2D eigenvalue weighted by Gasteiger charge is -2.24. The van der Waals surface area contributed by atoms with Crippen molar-refractivity contribution in [3.8, 4) is 11.8 Å². The first-order chi connectivity index (χ1) is 14.3. The third-order valence-electron chi connectivity index (χ3n) is 4.90. The normalized spacial score (nSPS) is 18.7. The van der Waals surface area contributed by atoms with Crippen molar-refractivity contribution < 1.29 is 27.4 Å². The molecule has 2 aromatic rings. The molecule has 1 aliphatic heterocycles. The zero-order valence-corrected chi connectivity index (χ0v) is 16.4. The molecule has 3 rings (SSSR count). The van der Waals surface area contributed by atoms with Crippen LogP contribution in [0.3, 0.4) is 0 Å². The summed E-state index contributed by atoms with van der Waals surface area (Å²) in [6.45, 7) is 2.51. The standard InChI is InChI=1S/C22H21F3N2O3/c1-2-29-21(28)15-3-7-17(8-4-15)27-14-20(13-18(27)11-12-26)30-19-9-5-16(6-10-19)22(23,24)25/h3-10,18,20H,2,11,13-14H2,1H3/t18-,20-/m1/s1. The van der Waals surface area contributed by atoms with Gasteiger partial charge in [-0.15, -0.1) is 0 Å². The number of anilines is 1. The maximum absolute atomic E-state index is 12.7.